The van der Waals surface area contributed by atoms with Crippen molar-refractivity contribution < 1.29 is 4.57 Å². The van der Waals surface area contributed by atoms with Gasteiger partial charge in [0, 0.05) is 65.4 Å². The molecule has 0 spiro atoms. The summed E-state index contributed by atoms with van der Waals surface area (Å²) >= 11 is 0. The van der Waals surface area contributed by atoms with E-state index in [4.69, 9.17) is 4.74 Å². The minimum atomic E-state index is -2.99. The van der Waals surface area contributed by atoms with Gasteiger partial charge in [0.2, 0.25) is 0 Å². The number of rotatable bonds is 16. The third kappa shape index (κ3) is 5.74. The van der Waals surface area contributed by atoms with Crippen LogP contribution >= 0.6 is 15.1 Å². The van der Waals surface area contributed by atoms with Crippen LogP contribution in [-0.2, 0) is 4.57 Å². The maximum absolute atomic E-state index is 15.2. The first-order valence-electron chi connectivity index (χ1n) is 11.8. The van der Waals surface area contributed by atoms with E-state index in [9.17, 15) is 0 Å². The summed E-state index contributed by atoms with van der Waals surface area (Å²) in [6.07, 6.45) is 0. The molecule has 0 aliphatic carbocycles. The van der Waals surface area contributed by atoms with E-state index in [-0.39, 0.29) is 0 Å². The van der Waals surface area contributed by atoms with Crippen molar-refractivity contribution in [1.29, 1.82) is 0 Å². The normalized spacial score (nSPS) is 13.5. The van der Waals surface area contributed by atoms with E-state index in [1.807, 2.05) is 0 Å². The van der Waals surface area contributed by atoms with Gasteiger partial charge < -0.3 is 0 Å². The molecule has 9 heteroatoms. The summed E-state index contributed by atoms with van der Waals surface area (Å²) < 4.78 is 32.2. The lowest BCUT2D eigenvalue weighted by molar-refractivity contribution is 0.305. The summed E-state index contributed by atoms with van der Waals surface area (Å²) in [5.74, 6) is 0. The summed E-state index contributed by atoms with van der Waals surface area (Å²) in [6, 6.07) is 0. The van der Waals surface area contributed by atoms with Crippen LogP contribution in [-0.4, -0.2) is 88.6 Å². The van der Waals surface area contributed by atoms with Gasteiger partial charge in [0.05, 0.1) is 0 Å². The van der Waals surface area contributed by atoms with Gasteiger partial charge in [-0.05, 0) is 6.92 Å². The van der Waals surface area contributed by atoms with E-state index in [1.165, 1.54) is 0 Å². The molecule has 0 fully saturated rings. The van der Waals surface area contributed by atoms with Crippen LogP contribution in [0.3, 0.4) is 0 Å². The highest BCUT2D eigenvalue weighted by Gasteiger charge is 2.50. The fourth-order valence-electron chi connectivity index (χ4n) is 4.30. The van der Waals surface area contributed by atoms with Gasteiger partial charge in [0.1, 0.15) is 0 Å². The van der Waals surface area contributed by atoms with Gasteiger partial charge in [-0.15, -0.1) is 0 Å². The Hall–Kier alpha value is 0.260. The Morgan fingerprint density at radius 2 is 0.828 bits per heavy atom. The smallest absolute Gasteiger partial charge is 0.270 e. The first-order chi connectivity index (χ1) is 13.8. The van der Waals surface area contributed by atoms with Gasteiger partial charge in [-0.25, -0.2) is 18.7 Å². The van der Waals surface area contributed by atoms with Crippen LogP contribution in [0.25, 0.3) is 0 Å². The highest BCUT2D eigenvalue weighted by Crippen LogP contribution is 2.73. The van der Waals surface area contributed by atoms with Gasteiger partial charge in [-0.2, -0.15) is 4.44 Å². The molecular weight excluding hydrogens is 402 g/mol. The van der Waals surface area contributed by atoms with E-state index < -0.39 is 15.1 Å². The Balaban J connectivity index is 7.27. The highest BCUT2D eigenvalue weighted by atomic mass is 31.2. The molecule has 0 N–H and O–H groups in total. The summed E-state index contributed by atoms with van der Waals surface area (Å²) in [4.78, 5) is 0. The zero-order chi connectivity index (χ0) is 22.7. The van der Waals surface area contributed by atoms with Crippen LogP contribution in [0.1, 0.15) is 69.2 Å². The van der Waals surface area contributed by atoms with E-state index in [2.05, 4.69) is 92.4 Å². The van der Waals surface area contributed by atoms with Crippen molar-refractivity contribution in [2.75, 3.05) is 65.4 Å². The summed E-state index contributed by atoms with van der Waals surface area (Å²) in [5, 5.41) is 0. The second-order valence-corrected chi connectivity index (χ2v) is 12.7. The molecule has 7 nitrogen and oxygen atoms in total. The molecule has 29 heavy (non-hydrogen) atoms. The van der Waals surface area contributed by atoms with Crippen molar-refractivity contribution >= 4 is 15.1 Å². The quantitative estimate of drug-likeness (QED) is 0.278. The predicted octanol–water partition coefficient (Wildman–Crippen LogP) is 5.75. The van der Waals surface area contributed by atoms with Gasteiger partial charge in [-0.1, -0.05) is 62.3 Å². The third-order valence-electron chi connectivity index (χ3n) is 5.64. The van der Waals surface area contributed by atoms with Crippen LogP contribution in [0.4, 0.5) is 0 Å². The van der Waals surface area contributed by atoms with Gasteiger partial charge in [-0.3, -0.25) is 9.31 Å². The zero-order valence-corrected chi connectivity index (χ0v) is 22.8. The Kier molecular flexibility index (Phi) is 14.5. The van der Waals surface area contributed by atoms with Crippen LogP contribution in [0, 0.1) is 0 Å². The molecule has 176 valence electrons. The fraction of sp³-hybridized carbons (Fsp3) is 1.00. The van der Waals surface area contributed by atoms with E-state index in [0.29, 0.717) is 6.54 Å². The molecule has 0 bridgehead atoms. The van der Waals surface area contributed by atoms with Crippen molar-refractivity contribution in [2.45, 2.75) is 69.2 Å². The molecule has 0 aromatic rings. The Bertz CT molecular complexity index is 497. The lowest BCUT2D eigenvalue weighted by atomic mass is 10.7. The SMILES string of the molecule is CCN=P(N(CC)CC)(N(CC)CC)N(CC)P(=O)(N(CC)CC)N(CC)CC. The topological polar surface area (TPSA) is 45.6 Å². The summed E-state index contributed by atoms with van der Waals surface area (Å²) in [7, 11) is -5.32. The van der Waals surface area contributed by atoms with Crippen molar-refractivity contribution in [3.8, 4) is 0 Å². The number of hydrogen-bond acceptors (Lipinski definition) is 2. The number of nitrogens with zero attached hydrogens (tertiary/aromatic N) is 6. The fourth-order valence-corrected chi connectivity index (χ4v) is 13.6. The molecule has 0 aliphatic rings. The minimum Gasteiger partial charge on any atom is -0.270 e. The molecule has 0 saturated heterocycles. The monoisotopic (exact) mass is 452 g/mol. The van der Waals surface area contributed by atoms with Gasteiger partial charge in [0.15, 0.2) is 7.51 Å². The Morgan fingerprint density at radius 3 is 1.03 bits per heavy atom. The molecule has 0 rings (SSSR count). The third-order valence-corrected chi connectivity index (χ3v) is 14.8. The molecule has 0 amide bonds. The standard InChI is InChI=1S/C20H50N6OP2/c1-11-21-28(22(12-2)13-3,23(14-4)15-5)26(20-10)29(27,24(16-6)17-7)25(18-8)19-9/h11-20H2,1-10H3. The minimum absolute atomic E-state index is 0.717. The Morgan fingerprint density at radius 1 is 0.517 bits per heavy atom. The number of hydrogen-bond donors (Lipinski definition) is 0. The lowest BCUT2D eigenvalue weighted by Gasteiger charge is -2.54. The van der Waals surface area contributed by atoms with Crippen LogP contribution in [0.2, 0.25) is 0 Å². The largest absolute Gasteiger partial charge is 0.293 e. The molecule has 0 radical (unpaired) electrons. The molecular formula is C20H50N6OP2. The molecule has 0 unspecified atom stereocenters. The average Bonchev–Trinajstić information content (AvgIpc) is 2.72. The molecule has 0 saturated carbocycles. The lowest BCUT2D eigenvalue weighted by Crippen LogP contribution is -2.46. The summed E-state index contributed by atoms with van der Waals surface area (Å²) in [6.45, 7) is 29.7. The highest BCUT2D eigenvalue weighted by molar-refractivity contribution is 7.73. The molecule has 0 atom stereocenters. The molecule has 0 aliphatic heterocycles. The summed E-state index contributed by atoms with van der Waals surface area (Å²) in [5.41, 5.74) is 0. The average molecular weight is 453 g/mol. The second kappa shape index (κ2) is 14.3. The second-order valence-electron chi connectivity index (χ2n) is 6.75. The van der Waals surface area contributed by atoms with Crippen molar-refractivity contribution in [3.63, 3.8) is 0 Å². The van der Waals surface area contributed by atoms with Crippen LogP contribution in [0.15, 0.2) is 4.74 Å². The predicted molar refractivity (Wildman–Crippen MR) is 132 cm³/mol. The maximum atomic E-state index is 15.2. The van der Waals surface area contributed by atoms with Crippen LogP contribution in [0.5, 0.6) is 0 Å². The van der Waals surface area contributed by atoms with E-state index in [1.54, 1.807) is 0 Å². The maximum Gasteiger partial charge on any atom is 0.293 e. The first kappa shape index (κ1) is 29.3. The van der Waals surface area contributed by atoms with Crippen molar-refractivity contribution in [2.24, 2.45) is 4.74 Å². The molecule has 0 heterocycles. The van der Waals surface area contributed by atoms with Crippen molar-refractivity contribution in [1.82, 2.24) is 23.1 Å². The van der Waals surface area contributed by atoms with E-state index >= 15 is 4.57 Å². The van der Waals surface area contributed by atoms with E-state index in [0.717, 1.165) is 58.9 Å². The van der Waals surface area contributed by atoms with Gasteiger partial charge >= 0.3 is 0 Å². The van der Waals surface area contributed by atoms with Crippen LogP contribution < -0.4 is 0 Å². The van der Waals surface area contributed by atoms with Gasteiger partial charge in [0.25, 0.3) is 7.59 Å². The Labute approximate surface area is 182 Å². The zero-order valence-electron chi connectivity index (χ0n) is 21.1. The van der Waals surface area contributed by atoms with Crippen molar-refractivity contribution in [3.05, 3.63) is 0 Å². The molecule has 0 aromatic heterocycles. The first-order valence-corrected chi connectivity index (χ1v) is 15.0. The molecule has 0 aromatic carbocycles.